The Hall–Kier alpha value is -4.22. The number of benzene rings is 2. The largest absolute Gasteiger partial charge is 0.484 e. The first-order valence-electron chi connectivity index (χ1n) is 11.6. The first-order chi connectivity index (χ1) is 18.4. The fraction of sp³-hybridized carbons (Fsp3) is 0.192. The molecule has 0 unspecified atom stereocenters. The smallest absolute Gasteiger partial charge is 0.411 e. The Bertz CT molecular complexity index is 1700. The van der Waals surface area contributed by atoms with Gasteiger partial charge in [-0.3, -0.25) is 9.88 Å². The van der Waals surface area contributed by atoms with Crippen molar-refractivity contribution in [2.75, 3.05) is 25.2 Å². The lowest BCUT2D eigenvalue weighted by Crippen LogP contribution is -2.43. The third-order valence-corrected chi connectivity index (χ3v) is 7.41. The lowest BCUT2D eigenvalue weighted by molar-refractivity contribution is 0.0962. The molecular formula is C26H20ClN5O5S. The Morgan fingerprint density at radius 1 is 1.26 bits per heavy atom. The van der Waals surface area contributed by atoms with Crippen molar-refractivity contribution >= 4 is 56.0 Å². The summed E-state index contributed by atoms with van der Waals surface area (Å²) < 4.78 is 18.2. The van der Waals surface area contributed by atoms with Crippen LogP contribution in [0.5, 0.6) is 17.4 Å². The topological polar surface area (TPSA) is 120 Å². The van der Waals surface area contributed by atoms with E-state index in [1.165, 1.54) is 22.4 Å². The van der Waals surface area contributed by atoms with Crippen LogP contribution in [0.4, 0.5) is 10.5 Å². The van der Waals surface area contributed by atoms with Gasteiger partial charge in [0.2, 0.25) is 5.88 Å². The monoisotopic (exact) mass is 549 g/mol. The summed E-state index contributed by atoms with van der Waals surface area (Å²) in [4.78, 5) is 31.0. The number of pyridine rings is 1. The van der Waals surface area contributed by atoms with E-state index in [-0.39, 0.29) is 13.2 Å². The van der Waals surface area contributed by atoms with Crippen molar-refractivity contribution in [2.45, 2.75) is 13.0 Å². The van der Waals surface area contributed by atoms with Crippen molar-refractivity contribution in [1.29, 1.82) is 0 Å². The summed E-state index contributed by atoms with van der Waals surface area (Å²) in [5, 5.41) is 10.8. The summed E-state index contributed by atoms with van der Waals surface area (Å²) in [5.41, 5.74) is 4.26. The number of nitrogens with zero attached hydrogens (tertiary/aromatic N) is 5. The second kappa shape index (κ2) is 9.58. The molecule has 0 bridgehead atoms. The molecule has 12 heteroatoms. The quantitative estimate of drug-likeness (QED) is 0.299. The number of aryl methyl sites for hydroxylation is 1. The summed E-state index contributed by atoms with van der Waals surface area (Å²) in [5.74, 6) is 1.39. The van der Waals surface area contributed by atoms with Gasteiger partial charge in [0.25, 0.3) is 0 Å². The molecule has 0 saturated heterocycles. The highest BCUT2D eigenvalue weighted by Gasteiger charge is 2.30. The molecule has 5 aromatic rings. The molecule has 3 aromatic heterocycles. The third kappa shape index (κ3) is 4.29. The number of hydrogen-bond donors (Lipinski definition) is 1. The first kappa shape index (κ1) is 24.1. The van der Waals surface area contributed by atoms with Crippen LogP contribution in [0.15, 0.2) is 48.9 Å². The highest BCUT2D eigenvalue weighted by atomic mass is 35.5. The van der Waals surface area contributed by atoms with Crippen molar-refractivity contribution < 1.29 is 24.1 Å². The number of rotatable bonds is 5. The van der Waals surface area contributed by atoms with E-state index in [4.69, 9.17) is 30.8 Å². The zero-order valence-corrected chi connectivity index (χ0v) is 21.8. The van der Waals surface area contributed by atoms with Crippen molar-refractivity contribution in [3.05, 3.63) is 59.5 Å². The number of thiazole rings is 1. The second-order valence-electron chi connectivity index (χ2n) is 8.63. The Kier molecular flexibility index (Phi) is 6.09. The van der Waals surface area contributed by atoms with Crippen molar-refractivity contribution in [3.8, 4) is 28.0 Å². The fourth-order valence-electron chi connectivity index (χ4n) is 4.34. The van der Waals surface area contributed by atoms with E-state index in [1.54, 1.807) is 37.7 Å². The molecule has 1 aliphatic rings. The average Bonchev–Trinajstić information content (AvgIpc) is 3.37. The number of carbonyl (C=O) groups is 1. The first-order valence-corrected chi connectivity index (χ1v) is 12.8. The standard InChI is InChI=1S/C26H20ClN5O5S/c1-13-6-16(21-18(7-13)30-20(35-2)10-29-21)25-31-22-17(27)8-19-23(24(22)38-25)36-12-15(37-19)11-32(26(33)34)14-4-3-5-28-9-14/h3-10,15H,11-12H2,1-2H3,(H,33,34)/t15-/m1/s1. The molecule has 192 valence electrons. The van der Waals surface area contributed by atoms with Crippen LogP contribution in [0.25, 0.3) is 31.8 Å². The molecule has 1 aliphatic heterocycles. The number of carboxylic acid groups (broad SMARTS) is 1. The molecule has 6 rings (SSSR count). The van der Waals surface area contributed by atoms with Gasteiger partial charge in [0.05, 0.1) is 47.8 Å². The number of methoxy groups -OCH3 is 1. The lowest BCUT2D eigenvalue weighted by atomic mass is 10.1. The maximum atomic E-state index is 11.9. The molecule has 1 amide bonds. The summed E-state index contributed by atoms with van der Waals surface area (Å²) in [6, 6.07) is 8.96. The molecule has 0 radical (unpaired) electrons. The molecular weight excluding hydrogens is 530 g/mol. The van der Waals surface area contributed by atoms with Crippen LogP contribution in [-0.2, 0) is 0 Å². The van der Waals surface area contributed by atoms with Crippen LogP contribution in [0.3, 0.4) is 0 Å². The molecule has 0 aliphatic carbocycles. The van der Waals surface area contributed by atoms with Gasteiger partial charge in [-0.25, -0.2) is 19.7 Å². The molecule has 1 N–H and O–H groups in total. The van der Waals surface area contributed by atoms with Crippen LogP contribution in [0, 0.1) is 6.92 Å². The minimum atomic E-state index is -1.11. The molecule has 1 atom stereocenters. The highest BCUT2D eigenvalue weighted by Crippen LogP contribution is 2.47. The van der Waals surface area contributed by atoms with Gasteiger partial charge in [-0.15, -0.1) is 11.3 Å². The zero-order valence-electron chi connectivity index (χ0n) is 20.2. The number of anilines is 1. The van der Waals surface area contributed by atoms with E-state index in [1.807, 2.05) is 19.1 Å². The third-order valence-electron chi connectivity index (χ3n) is 6.03. The van der Waals surface area contributed by atoms with E-state index in [0.29, 0.717) is 49.6 Å². The molecule has 38 heavy (non-hydrogen) atoms. The van der Waals surface area contributed by atoms with Gasteiger partial charge in [-0.2, -0.15) is 0 Å². The van der Waals surface area contributed by atoms with Crippen molar-refractivity contribution in [3.63, 3.8) is 0 Å². The van der Waals surface area contributed by atoms with Crippen LogP contribution in [0.1, 0.15) is 5.56 Å². The number of halogens is 1. The number of ether oxygens (including phenoxy) is 3. The van der Waals surface area contributed by atoms with Gasteiger partial charge in [0.15, 0.2) is 17.6 Å². The molecule has 0 spiro atoms. The summed E-state index contributed by atoms with van der Waals surface area (Å²) in [6.07, 6.45) is 2.98. The van der Waals surface area contributed by atoms with Crippen molar-refractivity contribution in [1.82, 2.24) is 19.9 Å². The number of hydrogen-bond acceptors (Lipinski definition) is 9. The predicted molar refractivity (Wildman–Crippen MR) is 144 cm³/mol. The summed E-state index contributed by atoms with van der Waals surface area (Å²) >= 11 is 8.05. The Labute approximate surface area is 225 Å². The predicted octanol–water partition coefficient (Wildman–Crippen LogP) is 5.60. The molecule has 0 saturated carbocycles. The molecule has 2 aromatic carbocycles. The Morgan fingerprint density at radius 2 is 2.13 bits per heavy atom. The van der Waals surface area contributed by atoms with E-state index in [0.717, 1.165) is 15.8 Å². The van der Waals surface area contributed by atoms with Gasteiger partial charge in [0, 0.05) is 17.8 Å². The summed E-state index contributed by atoms with van der Waals surface area (Å²) in [6.45, 7) is 2.19. The van der Waals surface area contributed by atoms with E-state index in [2.05, 4.69) is 15.0 Å². The van der Waals surface area contributed by atoms with Crippen LogP contribution in [0.2, 0.25) is 5.02 Å². The normalized spacial score (nSPS) is 14.6. The average molecular weight is 550 g/mol. The SMILES string of the molecule is COc1cnc2c(-c3nc4c(Cl)cc5c(c4s3)OC[C@@H](CN(C(=O)O)c3cccnc3)O5)cc(C)cc2n1. The molecule has 10 nitrogen and oxygen atoms in total. The van der Waals surface area contributed by atoms with Crippen LogP contribution < -0.4 is 19.1 Å². The molecule has 4 heterocycles. The highest BCUT2D eigenvalue weighted by molar-refractivity contribution is 7.22. The van der Waals surface area contributed by atoms with Gasteiger partial charge >= 0.3 is 6.09 Å². The summed E-state index contributed by atoms with van der Waals surface area (Å²) in [7, 11) is 1.55. The zero-order chi connectivity index (χ0) is 26.4. The Morgan fingerprint density at radius 3 is 2.89 bits per heavy atom. The van der Waals surface area contributed by atoms with E-state index < -0.39 is 12.2 Å². The molecule has 0 fully saturated rings. The van der Waals surface area contributed by atoms with E-state index in [9.17, 15) is 9.90 Å². The maximum absolute atomic E-state index is 11.9. The number of fused-ring (bicyclic) bond motifs is 4. The Balaban J connectivity index is 1.36. The minimum Gasteiger partial charge on any atom is -0.484 e. The number of aromatic nitrogens is 4. The van der Waals surface area contributed by atoms with Crippen LogP contribution in [-0.4, -0.2) is 57.5 Å². The van der Waals surface area contributed by atoms with Gasteiger partial charge < -0.3 is 19.3 Å². The van der Waals surface area contributed by atoms with Gasteiger partial charge in [0.1, 0.15) is 21.8 Å². The second-order valence-corrected chi connectivity index (χ2v) is 10.0. The van der Waals surface area contributed by atoms with Crippen molar-refractivity contribution in [2.24, 2.45) is 0 Å². The minimum absolute atomic E-state index is 0.0570. The lowest BCUT2D eigenvalue weighted by Gasteiger charge is -2.30. The maximum Gasteiger partial charge on any atom is 0.411 e. The van der Waals surface area contributed by atoms with E-state index >= 15 is 0 Å². The van der Waals surface area contributed by atoms with Crippen LogP contribution >= 0.6 is 22.9 Å². The van der Waals surface area contributed by atoms with Gasteiger partial charge in [-0.1, -0.05) is 11.6 Å². The van der Waals surface area contributed by atoms with Gasteiger partial charge in [-0.05, 0) is 36.8 Å². The number of amides is 1. The fourth-order valence-corrected chi connectivity index (χ4v) is 5.73.